The van der Waals surface area contributed by atoms with Gasteiger partial charge >= 0.3 is 0 Å². The molecule has 0 bridgehead atoms. The Morgan fingerprint density at radius 2 is 1.68 bits per heavy atom. The van der Waals surface area contributed by atoms with Gasteiger partial charge < -0.3 is 15.7 Å². The second-order valence-corrected chi connectivity index (χ2v) is 6.97. The monoisotopic (exact) mass is 310 g/mol. The van der Waals surface area contributed by atoms with Gasteiger partial charge in [0.05, 0.1) is 0 Å². The van der Waals surface area contributed by atoms with Gasteiger partial charge in [0.25, 0.3) is 0 Å². The summed E-state index contributed by atoms with van der Waals surface area (Å²) in [5, 5.41) is 15.0. The lowest BCUT2D eigenvalue weighted by atomic mass is 9.86. The smallest absolute Gasteiger partial charge is 0.242 e. The van der Waals surface area contributed by atoms with Crippen molar-refractivity contribution in [2.75, 3.05) is 6.61 Å². The first kappa shape index (κ1) is 17.3. The lowest BCUT2D eigenvalue weighted by molar-refractivity contribution is -0.131. The Labute approximate surface area is 133 Å². The van der Waals surface area contributed by atoms with Crippen LogP contribution in [0.25, 0.3) is 0 Å². The van der Waals surface area contributed by atoms with Gasteiger partial charge in [-0.25, -0.2) is 0 Å². The maximum Gasteiger partial charge on any atom is 0.242 e. The third-order valence-electron chi connectivity index (χ3n) is 5.18. The predicted molar refractivity (Wildman–Crippen MR) is 85.2 cm³/mol. The van der Waals surface area contributed by atoms with Gasteiger partial charge in [-0.2, -0.15) is 0 Å². The standard InChI is InChI=1S/C17H30N2O3/c1-12(18-17(22)14-5-3-2-4-6-14)16(21)19-15-9-7-13(11-20)8-10-15/h12-15,20H,2-11H2,1H3,(H,18,22)(H,19,21). The Bertz CT molecular complexity index is 372. The van der Waals surface area contributed by atoms with E-state index >= 15 is 0 Å². The number of amides is 2. The van der Waals surface area contributed by atoms with Crippen LogP contribution in [0.4, 0.5) is 0 Å². The molecule has 2 amide bonds. The second-order valence-electron chi connectivity index (χ2n) is 6.97. The van der Waals surface area contributed by atoms with Gasteiger partial charge in [0.1, 0.15) is 6.04 Å². The molecule has 0 radical (unpaired) electrons. The topological polar surface area (TPSA) is 78.4 Å². The number of hydrogen-bond acceptors (Lipinski definition) is 3. The van der Waals surface area contributed by atoms with Crippen LogP contribution < -0.4 is 10.6 Å². The van der Waals surface area contributed by atoms with Crippen molar-refractivity contribution >= 4 is 11.8 Å². The number of nitrogens with one attached hydrogen (secondary N) is 2. The highest BCUT2D eigenvalue weighted by atomic mass is 16.3. The van der Waals surface area contributed by atoms with Gasteiger partial charge in [0, 0.05) is 18.6 Å². The predicted octanol–water partition coefficient (Wildman–Crippen LogP) is 1.74. The summed E-state index contributed by atoms with van der Waals surface area (Å²) >= 11 is 0. The molecule has 5 nitrogen and oxygen atoms in total. The lowest BCUT2D eigenvalue weighted by Crippen LogP contribution is -2.50. The Morgan fingerprint density at radius 3 is 2.27 bits per heavy atom. The fraction of sp³-hybridized carbons (Fsp3) is 0.882. The summed E-state index contributed by atoms with van der Waals surface area (Å²) in [6.45, 7) is 2.00. The number of carbonyl (C=O) groups excluding carboxylic acids is 2. The molecule has 0 spiro atoms. The SMILES string of the molecule is CC(NC(=O)C1CCCCC1)C(=O)NC1CCC(CO)CC1. The van der Waals surface area contributed by atoms with Gasteiger partial charge in [0.15, 0.2) is 0 Å². The zero-order valence-electron chi connectivity index (χ0n) is 13.6. The third kappa shape index (κ3) is 4.97. The number of rotatable bonds is 5. The molecule has 2 rings (SSSR count). The van der Waals surface area contributed by atoms with E-state index in [-0.39, 0.29) is 30.4 Å². The summed E-state index contributed by atoms with van der Waals surface area (Å²) in [5.74, 6) is 0.420. The molecule has 5 heteroatoms. The van der Waals surface area contributed by atoms with Crippen LogP contribution in [-0.4, -0.2) is 35.6 Å². The van der Waals surface area contributed by atoms with E-state index in [1.807, 2.05) is 0 Å². The van der Waals surface area contributed by atoms with E-state index in [9.17, 15) is 9.59 Å². The highest BCUT2D eigenvalue weighted by Gasteiger charge is 2.26. The summed E-state index contributed by atoms with van der Waals surface area (Å²) in [4.78, 5) is 24.4. The Kier molecular flexibility index (Phi) is 6.68. The van der Waals surface area contributed by atoms with E-state index in [1.54, 1.807) is 6.92 Å². The molecule has 0 aromatic carbocycles. The molecule has 3 N–H and O–H groups in total. The van der Waals surface area contributed by atoms with Crippen LogP contribution >= 0.6 is 0 Å². The van der Waals surface area contributed by atoms with Gasteiger partial charge in [-0.15, -0.1) is 0 Å². The molecule has 1 unspecified atom stereocenters. The van der Waals surface area contributed by atoms with Crippen LogP contribution in [0, 0.1) is 11.8 Å². The van der Waals surface area contributed by atoms with Crippen molar-refractivity contribution in [1.82, 2.24) is 10.6 Å². The third-order valence-corrected chi connectivity index (χ3v) is 5.18. The molecule has 0 aromatic rings. The van der Waals surface area contributed by atoms with Crippen molar-refractivity contribution in [2.24, 2.45) is 11.8 Å². The van der Waals surface area contributed by atoms with E-state index in [0.717, 1.165) is 51.4 Å². The summed E-state index contributed by atoms with van der Waals surface area (Å²) in [5.41, 5.74) is 0. The van der Waals surface area contributed by atoms with Crippen LogP contribution in [0.5, 0.6) is 0 Å². The summed E-state index contributed by atoms with van der Waals surface area (Å²) < 4.78 is 0. The summed E-state index contributed by atoms with van der Waals surface area (Å²) in [7, 11) is 0. The first-order chi connectivity index (χ1) is 10.6. The first-order valence-electron chi connectivity index (χ1n) is 8.81. The average Bonchev–Trinajstić information content (AvgIpc) is 2.56. The minimum atomic E-state index is -0.468. The molecule has 22 heavy (non-hydrogen) atoms. The summed E-state index contributed by atoms with van der Waals surface area (Å²) in [6.07, 6.45) is 9.11. The van der Waals surface area contributed by atoms with Crippen molar-refractivity contribution in [3.8, 4) is 0 Å². The lowest BCUT2D eigenvalue weighted by Gasteiger charge is -2.29. The van der Waals surface area contributed by atoms with Gasteiger partial charge in [-0.3, -0.25) is 9.59 Å². The fourth-order valence-corrected chi connectivity index (χ4v) is 3.58. The van der Waals surface area contributed by atoms with E-state index in [4.69, 9.17) is 5.11 Å². The van der Waals surface area contributed by atoms with Gasteiger partial charge in [-0.1, -0.05) is 19.3 Å². The molecule has 0 aromatic heterocycles. The number of aliphatic hydroxyl groups is 1. The molecular formula is C17H30N2O3. The van der Waals surface area contributed by atoms with Gasteiger partial charge in [-0.05, 0) is 51.4 Å². The average molecular weight is 310 g/mol. The van der Waals surface area contributed by atoms with Crippen LogP contribution in [0.1, 0.15) is 64.7 Å². The molecular weight excluding hydrogens is 280 g/mol. The quantitative estimate of drug-likeness (QED) is 0.724. The highest BCUT2D eigenvalue weighted by molar-refractivity contribution is 5.88. The first-order valence-corrected chi connectivity index (χ1v) is 8.81. The molecule has 1 atom stereocenters. The molecule has 2 aliphatic rings. The zero-order valence-corrected chi connectivity index (χ0v) is 13.6. The normalized spacial score (nSPS) is 27.9. The molecule has 0 heterocycles. The van der Waals surface area contributed by atoms with Crippen LogP contribution in [0.2, 0.25) is 0 Å². The van der Waals surface area contributed by atoms with Crippen molar-refractivity contribution in [1.29, 1.82) is 0 Å². The van der Waals surface area contributed by atoms with Crippen LogP contribution in [0.15, 0.2) is 0 Å². The molecule has 2 aliphatic carbocycles. The van der Waals surface area contributed by atoms with Crippen molar-refractivity contribution < 1.29 is 14.7 Å². The molecule has 0 aliphatic heterocycles. The molecule has 0 saturated heterocycles. The minimum Gasteiger partial charge on any atom is -0.396 e. The van der Waals surface area contributed by atoms with Crippen molar-refractivity contribution in [2.45, 2.75) is 76.8 Å². The molecule has 2 fully saturated rings. The maximum absolute atomic E-state index is 12.2. The molecule has 2 saturated carbocycles. The Balaban J connectivity index is 1.71. The number of aliphatic hydroxyl groups excluding tert-OH is 1. The Hall–Kier alpha value is -1.10. The fourth-order valence-electron chi connectivity index (χ4n) is 3.58. The second kappa shape index (κ2) is 8.51. The van der Waals surface area contributed by atoms with E-state index in [0.29, 0.717) is 5.92 Å². The largest absolute Gasteiger partial charge is 0.396 e. The van der Waals surface area contributed by atoms with E-state index < -0.39 is 6.04 Å². The minimum absolute atomic E-state index is 0.0336. The van der Waals surface area contributed by atoms with E-state index in [1.165, 1.54) is 6.42 Å². The summed E-state index contributed by atoms with van der Waals surface area (Å²) in [6, 6.07) is -0.283. The Morgan fingerprint density at radius 1 is 1.05 bits per heavy atom. The maximum atomic E-state index is 12.2. The van der Waals surface area contributed by atoms with Crippen molar-refractivity contribution in [3.05, 3.63) is 0 Å². The number of hydrogen-bond donors (Lipinski definition) is 3. The van der Waals surface area contributed by atoms with Crippen molar-refractivity contribution in [3.63, 3.8) is 0 Å². The zero-order chi connectivity index (χ0) is 15.9. The number of carbonyl (C=O) groups is 2. The van der Waals surface area contributed by atoms with Crippen LogP contribution in [0.3, 0.4) is 0 Å². The van der Waals surface area contributed by atoms with Crippen LogP contribution in [-0.2, 0) is 9.59 Å². The highest BCUT2D eigenvalue weighted by Crippen LogP contribution is 2.24. The van der Waals surface area contributed by atoms with E-state index in [2.05, 4.69) is 10.6 Å². The van der Waals surface area contributed by atoms with Gasteiger partial charge in [0.2, 0.25) is 11.8 Å². The molecule has 126 valence electrons.